The van der Waals surface area contributed by atoms with E-state index < -0.39 is 10.8 Å². The number of fused-ring (bicyclic) bond motifs is 1. The molecule has 0 amide bonds. The molecular weight excluding hydrogens is 324 g/mol. The standard InChI is InChI=1S/C14H15BrN2OS/c15-13-3-1-2-12-11(13)4-7-16-14(12)17-10-5-8-19(18)9-6-10/h1-4,7,10H,5-6,8-9H2,(H,16,17). The van der Waals surface area contributed by atoms with Gasteiger partial charge < -0.3 is 5.32 Å². The van der Waals surface area contributed by atoms with Crippen molar-refractivity contribution in [1.82, 2.24) is 4.98 Å². The minimum Gasteiger partial charge on any atom is -0.367 e. The normalized spacial score (nSPS) is 23.4. The molecule has 1 saturated heterocycles. The lowest BCUT2D eigenvalue weighted by Crippen LogP contribution is -2.29. The molecule has 0 radical (unpaired) electrons. The van der Waals surface area contributed by atoms with Crippen LogP contribution >= 0.6 is 15.9 Å². The number of rotatable bonds is 2. The Morgan fingerprint density at radius 2 is 2.00 bits per heavy atom. The summed E-state index contributed by atoms with van der Waals surface area (Å²) in [5.74, 6) is 2.52. The van der Waals surface area contributed by atoms with Crippen molar-refractivity contribution in [3.05, 3.63) is 34.9 Å². The lowest BCUT2D eigenvalue weighted by atomic mass is 10.1. The summed E-state index contributed by atoms with van der Waals surface area (Å²) in [6.45, 7) is 0. The number of hydrogen-bond acceptors (Lipinski definition) is 3. The summed E-state index contributed by atoms with van der Waals surface area (Å²) in [6.07, 6.45) is 3.74. The number of pyridine rings is 1. The van der Waals surface area contributed by atoms with Gasteiger partial charge in [-0.05, 0) is 25.0 Å². The van der Waals surface area contributed by atoms with Crippen LogP contribution in [0.5, 0.6) is 0 Å². The highest BCUT2D eigenvalue weighted by Crippen LogP contribution is 2.28. The van der Waals surface area contributed by atoms with E-state index in [4.69, 9.17) is 0 Å². The number of hydrogen-bond donors (Lipinski definition) is 1. The third-order valence-corrected chi connectivity index (χ3v) is 5.56. The Labute approximate surface area is 123 Å². The second-order valence-electron chi connectivity index (χ2n) is 4.76. The Morgan fingerprint density at radius 1 is 1.21 bits per heavy atom. The zero-order valence-corrected chi connectivity index (χ0v) is 12.8. The smallest absolute Gasteiger partial charge is 0.134 e. The van der Waals surface area contributed by atoms with Crippen molar-refractivity contribution in [2.24, 2.45) is 0 Å². The zero-order valence-electron chi connectivity index (χ0n) is 10.4. The van der Waals surface area contributed by atoms with Crippen LogP contribution in [-0.2, 0) is 10.8 Å². The molecule has 1 N–H and O–H groups in total. The van der Waals surface area contributed by atoms with Crippen LogP contribution in [0, 0.1) is 0 Å². The molecule has 19 heavy (non-hydrogen) atoms. The third-order valence-electron chi connectivity index (χ3n) is 3.48. The number of anilines is 1. The Balaban J connectivity index is 1.89. The van der Waals surface area contributed by atoms with Crippen LogP contribution in [0.25, 0.3) is 10.8 Å². The molecule has 3 rings (SSSR count). The molecule has 0 atom stereocenters. The molecule has 100 valence electrons. The largest absolute Gasteiger partial charge is 0.367 e. The second-order valence-corrected chi connectivity index (χ2v) is 7.31. The maximum absolute atomic E-state index is 11.4. The van der Waals surface area contributed by atoms with Gasteiger partial charge in [-0.15, -0.1) is 0 Å². The van der Waals surface area contributed by atoms with E-state index in [1.165, 1.54) is 5.39 Å². The molecule has 0 unspecified atom stereocenters. The molecule has 0 aliphatic carbocycles. The first kappa shape index (κ1) is 13.1. The van der Waals surface area contributed by atoms with E-state index in [1.54, 1.807) is 0 Å². The maximum atomic E-state index is 11.4. The van der Waals surface area contributed by atoms with E-state index >= 15 is 0 Å². The molecule has 1 aliphatic rings. The van der Waals surface area contributed by atoms with Crippen molar-refractivity contribution in [1.29, 1.82) is 0 Å². The first-order chi connectivity index (χ1) is 9.24. The lowest BCUT2D eigenvalue weighted by Gasteiger charge is -2.23. The van der Waals surface area contributed by atoms with Gasteiger partial charge in [0.2, 0.25) is 0 Å². The van der Waals surface area contributed by atoms with Crippen molar-refractivity contribution in [2.45, 2.75) is 18.9 Å². The fraction of sp³-hybridized carbons (Fsp3) is 0.357. The Morgan fingerprint density at radius 3 is 2.79 bits per heavy atom. The molecule has 2 aromatic rings. The van der Waals surface area contributed by atoms with Gasteiger partial charge >= 0.3 is 0 Å². The van der Waals surface area contributed by atoms with E-state index in [1.807, 2.05) is 24.4 Å². The molecule has 1 aromatic carbocycles. The number of nitrogens with one attached hydrogen (secondary N) is 1. The van der Waals surface area contributed by atoms with Crippen LogP contribution in [0.4, 0.5) is 5.82 Å². The average Bonchev–Trinajstić information content (AvgIpc) is 2.43. The summed E-state index contributed by atoms with van der Waals surface area (Å²) in [4.78, 5) is 4.45. The summed E-state index contributed by atoms with van der Waals surface area (Å²) in [5.41, 5.74) is 0. The topological polar surface area (TPSA) is 42.0 Å². The van der Waals surface area contributed by atoms with Gasteiger partial charge in [0, 0.05) is 49.8 Å². The molecule has 1 fully saturated rings. The summed E-state index contributed by atoms with van der Waals surface area (Å²) >= 11 is 3.57. The highest BCUT2D eigenvalue weighted by atomic mass is 79.9. The highest BCUT2D eigenvalue weighted by molar-refractivity contribution is 9.10. The average molecular weight is 339 g/mol. The maximum Gasteiger partial charge on any atom is 0.134 e. The molecule has 1 aliphatic heterocycles. The van der Waals surface area contributed by atoms with Crippen molar-refractivity contribution in [3.63, 3.8) is 0 Å². The Hall–Kier alpha value is -0.940. The zero-order chi connectivity index (χ0) is 13.2. The molecule has 0 saturated carbocycles. The highest BCUT2D eigenvalue weighted by Gasteiger charge is 2.18. The predicted molar refractivity (Wildman–Crippen MR) is 84.0 cm³/mol. The first-order valence-electron chi connectivity index (χ1n) is 6.39. The van der Waals surface area contributed by atoms with Crippen LogP contribution in [0.3, 0.4) is 0 Å². The van der Waals surface area contributed by atoms with Crippen LogP contribution in [-0.4, -0.2) is 26.7 Å². The lowest BCUT2D eigenvalue weighted by molar-refractivity contribution is 0.623. The van der Waals surface area contributed by atoms with Gasteiger partial charge in [-0.25, -0.2) is 4.98 Å². The minimum atomic E-state index is -0.618. The molecule has 2 heterocycles. The van der Waals surface area contributed by atoms with Gasteiger partial charge in [0.05, 0.1) is 0 Å². The fourth-order valence-electron chi connectivity index (χ4n) is 2.42. The van der Waals surface area contributed by atoms with Gasteiger partial charge in [-0.1, -0.05) is 28.1 Å². The second kappa shape index (κ2) is 5.59. The van der Waals surface area contributed by atoms with Crippen molar-refractivity contribution >= 4 is 43.3 Å². The van der Waals surface area contributed by atoms with Gasteiger partial charge in [-0.2, -0.15) is 0 Å². The molecule has 0 spiro atoms. The Kier molecular flexibility index (Phi) is 3.84. The van der Waals surface area contributed by atoms with E-state index in [0.717, 1.165) is 40.0 Å². The molecule has 1 aromatic heterocycles. The van der Waals surface area contributed by atoms with Crippen molar-refractivity contribution in [3.8, 4) is 0 Å². The quantitative estimate of drug-likeness (QED) is 0.913. The summed E-state index contributed by atoms with van der Waals surface area (Å²) in [6, 6.07) is 8.54. The van der Waals surface area contributed by atoms with Crippen LogP contribution in [0.15, 0.2) is 34.9 Å². The van der Waals surface area contributed by atoms with E-state index in [-0.39, 0.29) is 0 Å². The number of benzene rings is 1. The van der Waals surface area contributed by atoms with Gasteiger partial charge in [0.1, 0.15) is 5.82 Å². The van der Waals surface area contributed by atoms with Crippen LogP contribution < -0.4 is 5.32 Å². The van der Waals surface area contributed by atoms with Gasteiger partial charge in [-0.3, -0.25) is 4.21 Å². The van der Waals surface area contributed by atoms with Crippen LogP contribution in [0.2, 0.25) is 0 Å². The summed E-state index contributed by atoms with van der Waals surface area (Å²) < 4.78 is 12.5. The SMILES string of the molecule is O=S1CCC(Nc2nccc3c(Br)cccc23)CC1. The fourth-order valence-corrected chi connectivity index (χ4v) is 4.21. The predicted octanol–water partition coefficient (Wildman–Crippen LogP) is 3.32. The number of halogens is 1. The molecule has 0 bridgehead atoms. The monoisotopic (exact) mass is 338 g/mol. The van der Waals surface area contributed by atoms with E-state index in [9.17, 15) is 4.21 Å². The van der Waals surface area contributed by atoms with Gasteiger partial charge in [0.15, 0.2) is 0 Å². The van der Waals surface area contributed by atoms with Crippen molar-refractivity contribution in [2.75, 3.05) is 16.8 Å². The summed E-state index contributed by atoms with van der Waals surface area (Å²) in [5, 5.41) is 5.80. The Bertz CT molecular complexity index is 622. The van der Waals surface area contributed by atoms with Crippen molar-refractivity contribution < 1.29 is 4.21 Å². The molecule has 5 heteroatoms. The van der Waals surface area contributed by atoms with E-state index in [2.05, 4.69) is 32.3 Å². The third kappa shape index (κ3) is 2.82. The molecule has 3 nitrogen and oxygen atoms in total. The summed E-state index contributed by atoms with van der Waals surface area (Å²) in [7, 11) is -0.618. The van der Waals surface area contributed by atoms with Crippen LogP contribution in [0.1, 0.15) is 12.8 Å². The number of aromatic nitrogens is 1. The number of nitrogens with zero attached hydrogens (tertiary/aromatic N) is 1. The van der Waals surface area contributed by atoms with E-state index in [0.29, 0.717) is 6.04 Å². The minimum absolute atomic E-state index is 0.384. The first-order valence-corrected chi connectivity index (χ1v) is 8.67. The molecular formula is C14H15BrN2OS. The van der Waals surface area contributed by atoms with Gasteiger partial charge in [0.25, 0.3) is 0 Å².